The van der Waals surface area contributed by atoms with Gasteiger partial charge in [0.2, 0.25) is 5.91 Å². The molecule has 2 N–H and O–H groups in total. The van der Waals surface area contributed by atoms with Crippen molar-refractivity contribution in [3.05, 3.63) is 0 Å². The van der Waals surface area contributed by atoms with Gasteiger partial charge in [-0.15, -0.1) is 0 Å². The van der Waals surface area contributed by atoms with Crippen LogP contribution in [0, 0.1) is 0 Å². The zero-order valence-corrected chi connectivity index (χ0v) is 14.7. The average molecular weight is 316 g/mol. The molecule has 0 aromatic carbocycles. The van der Waals surface area contributed by atoms with Gasteiger partial charge in [0.1, 0.15) is 23.3 Å². The predicted molar refractivity (Wildman–Crippen MR) is 82.3 cm³/mol. The molecule has 128 valence electrons. The molecule has 0 aromatic heterocycles. The molecule has 1 unspecified atom stereocenters. The fourth-order valence-corrected chi connectivity index (χ4v) is 1.34. The van der Waals surface area contributed by atoms with Crippen molar-refractivity contribution in [2.45, 2.75) is 78.7 Å². The van der Waals surface area contributed by atoms with Crippen molar-refractivity contribution in [1.82, 2.24) is 10.6 Å². The first-order valence-electron chi connectivity index (χ1n) is 7.24. The minimum atomic E-state index is -0.834. The van der Waals surface area contributed by atoms with E-state index in [4.69, 9.17) is 9.47 Å². The van der Waals surface area contributed by atoms with Crippen LogP contribution in [0.25, 0.3) is 0 Å². The van der Waals surface area contributed by atoms with Crippen molar-refractivity contribution in [1.29, 1.82) is 0 Å². The van der Waals surface area contributed by atoms with Crippen LogP contribution in [0.3, 0.4) is 0 Å². The molecule has 2 atom stereocenters. The Kier molecular flexibility index (Phi) is 6.86. The van der Waals surface area contributed by atoms with Crippen LogP contribution in [0.5, 0.6) is 0 Å². The summed E-state index contributed by atoms with van der Waals surface area (Å²) in [5, 5.41) is 4.89. The summed E-state index contributed by atoms with van der Waals surface area (Å²) in [7, 11) is 0. The maximum absolute atomic E-state index is 11.9. The Morgan fingerprint density at radius 2 is 1.23 bits per heavy atom. The van der Waals surface area contributed by atoms with E-state index < -0.39 is 41.3 Å². The lowest BCUT2D eigenvalue weighted by molar-refractivity contribution is -0.158. The normalized spacial score (nSPS) is 14.5. The molecular formula is C15H28N2O5. The summed E-state index contributed by atoms with van der Waals surface area (Å²) in [4.78, 5) is 35.3. The van der Waals surface area contributed by atoms with Crippen LogP contribution in [0.4, 0.5) is 4.79 Å². The van der Waals surface area contributed by atoms with Gasteiger partial charge >= 0.3 is 12.1 Å². The van der Waals surface area contributed by atoms with Crippen LogP contribution < -0.4 is 10.6 Å². The number of hydrogen-bond donors (Lipinski definition) is 2. The molecule has 0 aromatic rings. The van der Waals surface area contributed by atoms with Crippen molar-refractivity contribution in [2.75, 3.05) is 0 Å². The van der Waals surface area contributed by atoms with E-state index in [0.717, 1.165) is 0 Å². The van der Waals surface area contributed by atoms with E-state index in [9.17, 15) is 14.4 Å². The molecule has 0 aliphatic rings. The molecule has 0 fully saturated rings. The van der Waals surface area contributed by atoms with Crippen LogP contribution in [-0.2, 0) is 19.1 Å². The highest BCUT2D eigenvalue weighted by Crippen LogP contribution is 2.09. The average Bonchev–Trinajstić information content (AvgIpc) is 2.23. The summed E-state index contributed by atoms with van der Waals surface area (Å²) in [6, 6.07) is -1.64. The van der Waals surface area contributed by atoms with Crippen LogP contribution in [0.15, 0.2) is 0 Å². The van der Waals surface area contributed by atoms with Crippen molar-refractivity contribution in [3.63, 3.8) is 0 Å². The third-order valence-electron chi connectivity index (χ3n) is 2.25. The third-order valence-corrected chi connectivity index (χ3v) is 2.25. The molecule has 0 radical (unpaired) electrons. The number of alkyl carbamates (subject to hydrolysis) is 1. The number of ether oxygens (including phenoxy) is 2. The molecule has 0 aliphatic heterocycles. The molecular weight excluding hydrogens is 288 g/mol. The SMILES string of the molecule is CC(NC(=O)OC(C)(C)C)C(=O)N[C@@H](C)C(=O)OC(C)(C)C. The minimum Gasteiger partial charge on any atom is -0.458 e. The predicted octanol–water partition coefficient (Wildman–Crippen LogP) is 1.75. The van der Waals surface area contributed by atoms with Crippen molar-refractivity contribution >= 4 is 18.0 Å². The van der Waals surface area contributed by atoms with E-state index in [1.54, 1.807) is 41.5 Å². The maximum atomic E-state index is 11.9. The van der Waals surface area contributed by atoms with E-state index in [0.29, 0.717) is 0 Å². The van der Waals surface area contributed by atoms with E-state index in [1.807, 2.05) is 0 Å². The Hall–Kier alpha value is -1.79. The Bertz CT molecular complexity index is 421. The van der Waals surface area contributed by atoms with Gasteiger partial charge < -0.3 is 20.1 Å². The number of nitrogens with one attached hydrogen (secondary N) is 2. The maximum Gasteiger partial charge on any atom is 0.408 e. The Morgan fingerprint density at radius 3 is 1.64 bits per heavy atom. The molecule has 0 bridgehead atoms. The van der Waals surface area contributed by atoms with Crippen molar-refractivity contribution in [3.8, 4) is 0 Å². The highest BCUT2D eigenvalue weighted by atomic mass is 16.6. The van der Waals surface area contributed by atoms with Gasteiger partial charge in [-0.2, -0.15) is 0 Å². The summed E-state index contributed by atoms with van der Waals surface area (Å²) in [6.45, 7) is 13.4. The van der Waals surface area contributed by atoms with Crippen molar-refractivity contribution in [2.24, 2.45) is 0 Å². The first-order chi connectivity index (χ1) is 9.71. The first-order valence-corrected chi connectivity index (χ1v) is 7.24. The molecule has 0 rings (SSSR count). The van der Waals surface area contributed by atoms with Gasteiger partial charge in [0.05, 0.1) is 0 Å². The fourth-order valence-electron chi connectivity index (χ4n) is 1.34. The number of amides is 2. The molecule has 2 amide bonds. The second-order valence-electron chi connectivity index (χ2n) is 7.13. The Labute approximate surface area is 132 Å². The molecule has 0 aliphatic carbocycles. The van der Waals surface area contributed by atoms with Gasteiger partial charge in [0, 0.05) is 0 Å². The summed E-state index contributed by atoms with van der Waals surface area (Å²) < 4.78 is 10.2. The topological polar surface area (TPSA) is 93.7 Å². The molecule has 7 nitrogen and oxygen atoms in total. The molecule has 0 heterocycles. The molecule has 0 saturated heterocycles. The lowest BCUT2D eigenvalue weighted by Crippen LogP contribution is -2.51. The highest BCUT2D eigenvalue weighted by molar-refractivity contribution is 5.89. The fraction of sp³-hybridized carbons (Fsp3) is 0.800. The number of carbonyl (C=O) groups excluding carboxylic acids is 3. The number of hydrogen-bond acceptors (Lipinski definition) is 5. The number of esters is 1. The third kappa shape index (κ3) is 9.20. The van der Waals surface area contributed by atoms with E-state index in [-0.39, 0.29) is 0 Å². The summed E-state index contributed by atoms with van der Waals surface area (Å²) in [6.07, 6.45) is -0.694. The molecule has 0 saturated carbocycles. The summed E-state index contributed by atoms with van der Waals surface area (Å²) in [5.74, 6) is -1.03. The van der Waals surface area contributed by atoms with E-state index in [2.05, 4.69) is 10.6 Å². The largest absolute Gasteiger partial charge is 0.458 e. The quantitative estimate of drug-likeness (QED) is 0.771. The Balaban J connectivity index is 4.41. The standard InChI is InChI=1S/C15H28N2O5/c1-9(17-13(20)22-15(6,7)8)11(18)16-10(2)12(19)21-14(3,4)5/h9-10H,1-8H3,(H,16,18)(H,17,20)/t9?,10-/m0/s1. The number of carbonyl (C=O) groups is 3. The second kappa shape index (κ2) is 7.47. The minimum absolute atomic E-state index is 0.496. The van der Waals surface area contributed by atoms with E-state index in [1.165, 1.54) is 13.8 Å². The van der Waals surface area contributed by atoms with Crippen LogP contribution in [0.1, 0.15) is 55.4 Å². The van der Waals surface area contributed by atoms with Crippen LogP contribution in [0.2, 0.25) is 0 Å². The monoisotopic (exact) mass is 316 g/mol. The molecule has 0 spiro atoms. The van der Waals surface area contributed by atoms with Gasteiger partial charge in [-0.1, -0.05) is 0 Å². The summed E-state index contributed by atoms with van der Waals surface area (Å²) >= 11 is 0. The smallest absolute Gasteiger partial charge is 0.408 e. The second-order valence-corrected chi connectivity index (χ2v) is 7.13. The lowest BCUT2D eigenvalue weighted by Gasteiger charge is -2.24. The van der Waals surface area contributed by atoms with E-state index >= 15 is 0 Å². The van der Waals surface area contributed by atoms with Gasteiger partial charge in [0.15, 0.2) is 0 Å². The van der Waals surface area contributed by atoms with Gasteiger partial charge in [-0.25, -0.2) is 9.59 Å². The van der Waals surface area contributed by atoms with Gasteiger partial charge in [-0.3, -0.25) is 4.79 Å². The Morgan fingerprint density at radius 1 is 0.773 bits per heavy atom. The summed E-state index contributed by atoms with van der Waals surface area (Å²) in [5.41, 5.74) is -1.28. The zero-order chi connectivity index (χ0) is 17.7. The van der Waals surface area contributed by atoms with Gasteiger partial charge in [0.25, 0.3) is 0 Å². The van der Waals surface area contributed by atoms with Crippen LogP contribution in [-0.4, -0.2) is 41.3 Å². The zero-order valence-electron chi connectivity index (χ0n) is 14.7. The van der Waals surface area contributed by atoms with Crippen LogP contribution >= 0.6 is 0 Å². The number of rotatable bonds is 4. The molecule has 22 heavy (non-hydrogen) atoms. The van der Waals surface area contributed by atoms with Crippen molar-refractivity contribution < 1.29 is 23.9 Å². The highest BCUT2D eigenvalue weighted by Gasteiger charge is 2.26. The lowest BCUT2D eigenvalue weighted by atomic mass is 10.2. The first kappa shape index (κ1) is 20.2. The molecule has 7 heteroatoms. The van der Waals surface area contributed by atoms with Gasteiger partial charge in [-0.05, 0) is 55.4 Å².